The number of aliphatic hydroxyl groups excluding tert-OH is 1. The average molecular weight is 318 g/mol. The van der Waals surface area contributed by atoms with Crippen LogP contribution in [-0.4, -0.2) is 41.8 Å². The van der Waals surface area contributed by atoms with Crippen LogP contribution in [0.25, 0.3) is 0 Å². The van der Waals surface area contributed by atoms with Crippen LogP contribution in [0, 0.1) is 0 Å². The highest BCUT2D eigenvalue weighted by Crippen LogP contribution is 2.16. The lowest BCUT2D eigenvalue weighted by atomic mass is 10.2. The number of hydrogen-bond donors (Lipinski definition) is 3. The highest BCUT2D eigenvalue weighted by Gasteiger charge is 2.23. The topological polar surface area (TPSA) is 109 Å². The second-order valence-electron chi connectivity index (χ2n) is 4.80. The van der Waals surface area contributed by atoms with Gasteiger partial charge in [0, 0.05) is 25.4 Å². The molecular weight excluding hydrogens is 296 g/mol. The molecule has 0 aliphatic heterocycles. The summed E-state index contributed by atoms with van der Waals surface area (Å²) in [6.07, 6.45) is 2.89. The lowest BCUT2D eigenvalue weighted by Gasteiger charge is -2.15. The normalized spacial score (nSPS) is 13.3. The van der Waals surface area contributed by atoms with E-state index in [0.29, 0.717) is 25.8 Å². The molecule has 0 bridgehead atoms. The number of nitrogens with zero attached hydrogens (tertiary/aromatic N) is 1. The molecule has 1 heterocycles. The highest BCUT2D eigenvalue weighted by atomic mass is 32.2. The van der Waals surface area contributed by atoms with Crippen LogP contribution in [0.5, 0.6) is 0 Å². The highest BCUT2D eigenvalue weighted by molar-refractivity contribution is 7.89. The van der Waals surface area contributed by atoms with E-state index >= 15 is 0 Å². The van der Waals surface area contributed by atoms with Crippen LogP contribution in [0.3, 0.4) is 0 Å². The van der Waals surface area contributed by atoms with Gasteiger partial charge in [0.05, 0.1) is 0 Å². The third-order valence-corrected chi connectivity index (χ3v) is 4.65. The summed E-state index contributed by atoms with van der Waals surface area (Å²) < 4.78 is 28.4. The average Bonchev–Trinajstić information content (AvgIpc) is 2.83. The maximum atomic E-state index is 12.3. The molecule has 0 spiro atoms. The van der Waals surface area contributed by atoms with E-state index in [4.69, 9.17) is 10.2 Å². The van der Waals surface area contributed by atoms with Gasteiger partial charge in [0.15, 0.2) is 0 Å². The van der Waals surface area contributed by atoms with Gasteiger partial charge >= 0.3 is 5.97 Å². The van der Waals surface area contributed by atoms with Crippen LogP contribution in [0.2, 0.25) is 0 Å². The summed E-state index contributed by atoms with van der Waals surface area (Å²) in [5.41, 5.74) is -0.0487. The van der Waals surface area contributed by atoms with Crippen molar-refractivity contribution < 1.29 is 23.4 Å². The first-order valence-corrected chi connectivity index (χ1v) is 8.40. The van der Waals surface area contributed by atoms with Gasteiger partial charge in [-0.15, -0.1) is 0 Å². The molecule has 0 saturated heterocycles. The summed E-state index contributed by atoms with van der Waals surface area (Å²) in [7, 11) is -3.79. The van der Waals surface area contributed by atoms with Crippen LogP contribution < -0.4 is 4.72 Å². The first-order valence-electron chi connectivity index (χ1n) is 6.92. The molecule has 0 aliphatic carbocycles. The van der Waals surface area contributed by atoms with Crippen LogP contribution in [0.15, 0.2) is 17.2 Å². The van der Waals surface area contributed by atoms with Crippen molar-refractivity contribution in [1.82, 2.24) is 9.29 Å². The second kappa shape index (κ2) is 7.58. The Morgan fingerprint density at radius 3 is 2.57 bits per heavy atom. The molecule has 0 fully saturated rings. The number of nitrogens with one attached hydrogen (secondary N) is 1. The number of aromatic nitrogens is 1. The zero-order chi connectivity index (χ0) is 16.0. The first kappa shape index (κ1) is 17.7. The van der Waals surface area contributed by atoms with E-state index in [1.807, 2.05) is 13.8 Å². The van der Waals surface area contributed by atoms with Crippen molar-refractivity contribution in [1.29, 1.82) is 0 Å². The molecule has 1 unspecified atom stereocenters. The molecular formula is C13H22N2O5S. The summed E-state index contributed by atoms with van der Waals surface area (Å²) >= 11 is 0. The standard InChI is InChI=1S/C13H22N2O5S/c1-3-6-15-9-11(8-12(15)13(17)18)21(19,20)14-10(4-2)5-7-16/h8-10,14,16H,3-7H2,1-2H3,(H,17,18). The Morgan fingerprint density at radius 2 is 2.10 bits per heavy atom. The molecule has 1 aromatic rings. The molecule has 3 N–H and O–H groups in total. The predicted octanol–water partition coefficient (Wildman–Crippen LogP) is 1.04. The summed E-state index contributed by atoms with van der Waals surface area (Å²) in [4.78, 5) is 11.1. The van der Waals surface area contributed by atoms with Crippen molar-refractivity contribution in [3.63, 3.8) is 0 Å². The number of sulfonamides is 1. The van der Waals surface area contributed by atoms with E-state index in [1.165, 1.54) is 10.8 Å². The smallest absolute Gasteiger partial charge is 0.352 e. The minimum atomic E-state index is -3.79. The number of aliphatic hydroxyl groups is 1. The Balaban J connectivity index is 3.08. The molecule has 8 heteroatoms. The van der Waals surface area contributed by atoms with E-state index in [2.05, 4.69) is 4.72 Å². The SMILES string of the molecule is CCCn1cc(S(=O)(=O)NC(CC)CCO)cc1C(=O)O. The zero-order valence-corrected chi connectivity index (χ0v) is 13.1. The number of aryl methyl sites for hydroxylation is 1. The van der Waals surface area contributed by atoms with E-state index in [1.54, 1.807) is 0 Å². The lowest BCUT2D eigenvalue weighted by molar-refractivity contribution is 0.0685. The Bertz CT molecular complexity index is 579. The maximum absolute atomic E-state index is 12.3. The van der Waals surface area contributed by atoms with Gasteiger partial charge in [-0.2, -0.15) is 0 Å². The fourth-order valence-electron chi connectivity index (χ4n) is 2.03. The number of carboxylic acids is 1. The molecule has 0 aliphatic rings. The molecule has 0 amide bonds. The van der Waals surface area contributed by atoms with E-state index in [9.17, 15) is 13.2 Å². The number of carboxylic acid groups (broad SMARTS) is 1. The quantitative estimate of drug-likeness (QED) is 0.630. The van der Waals surface area contributed by atoms with Crippen molar-refractivity contribution in [3.05, 3.63) is 18.0 Å². The van der Waals surface area contributed by atoms with Gasteiger partial charge in [-0.05, 0) is 25.3 Å². The van der Waals surface area contributed by atoms with Gasteiger partial charge in [-0.1, -0.05) is 13.8 Å². The summed E-state index contributed by atoms with van der Waals surface area (Å²) in [5.74, 6) is -1.16. The Hall–Kier alpha value is -1.38. The Labute approximate surface area is 124 Å². The van der Waals surface area contributed by atoms with E-state index < -0.39 is 16.0 Å². The fourth-order valence-corrected chi connectivity index (χ4v) is 3.42. The number of rotatable bonds is 9. The largest absolute Gasteiger partial charge is 0.477 e. The molecule has 0 saturated carbocycles. The van der Waals surface area contributed by atoms with Crippen molar-refractivity contribution in [2.24, 2.45) is 0 Å². The summed E-state index contributed by atoms with van der Waals surface area (Å²) in [6, 6.07) is 0.786. The third kappa shape index (κ3) is 4.55. The van der Waals surface area contributed by atoms with E-state index in [-0.39, 0.29) is 23.2 Å². The molecule has 1 aromatic heterocycles. The van der Waals surface area contributed by atoms with Crippen molar-refractivity contribution in [2.75, 3.05) is 6.61 Å². The summed E-state index contributed by atoms with van der Waals surface area (Å²) in [6.45, 7) is 4.02. The van der Waals surface area contributed by atoms with Crippen LogP contribution in [0.1, 0.15) is 43.6 Å². The molecule has 1 atom stereocenters. The maximum Gasteiger partial charge on any atom is 0.352 e. The number of aromatic carboxylic acids is 1. The fraction of sp³-hybridized carbons (Fsp3) is 0.615. The lowest BCUT2D eigenvalue weighted by Crippen LogP contribution is -2.34. The predicted molar refractivity (Wildman–Crippen MR) is 77.8 cm³/mol. The van der Waals surface area contributed by atoms with Gasteiger partial charge in [0.2, 0.25) is 10.0 Å². The molecule has 7 nitrogen and oxygen atoms in total. The third-order valence-electron chi connectivity index (χ3n) is 3.16. The monoisotopic (exact) mass is 318 g/mol. The molecule has 120 valence electrons. The van der Waals surface area contributed by atoms with Gasteiger partial charge in [-0.3, -0.25) is 0 Å². The minimum Gasteiger partial charge on any atom is -0.477 e. The van der Waals surface area contributed by atoms with Crippen molar-refractivity contribution >= 4 is 16.0 Å². The van der Waals surface area contributed by atoms with Crippen molar-refractivity contribution in [2.45, 2.75) is 50.6 Å². The van der Waals surface area contributed by atoms with Gasteiger partial charge < -0.3 is 14.8 Å². The van der Waals surface area contributed by atoms with E-state index in [0.717, 1.165) is 6.07 Å². The minimum absolute atomic E-state index is 0.0487. The Morgan fingerprint density at radius 1 is 1.43 bits per heavy atom. The summed E-state index contributed by atoms with van der Waals surface area (Å²) in [5, 5.41) is 18.0. The second-order valence-corrected chi connectivity index (χ2v) is 6.51. The number of carbonyl (C=O) groups is 1. The van der Waals surface area contributed by atoms with Crippen LogP contribution in [-0.2, 0) is 16.6 Å². The number of hydrogen-bond acceptors (Lipinski definition) is 4. The van der Waals surface area contributed by atoms with Gasteiger partial charge in [0.1, 0.15) is 10.6 Å². The van der Waals surface area contributed by atoms with Gasteiger partial charge in [-0.25, -0.2) is 17.9 Å². The first-order chi connectivity index (χ1) is 9.85. The molecule has 1 rings (SSSR count). The molecule has 0 aromatic carbocycles. The Kier molecular flexibility index (Phi) is 6.38. The molecule has 21 heavy (non-hydrogen) atoms. The zero-order valence-electron chi connectivity index (χ0n) is 12.2. The van der Waals surface area contributed by atoms with Crippen LogP contribution in [0.4, 0.5) is 0 Å². The van der Waals surface area contributed by atoms with Crippen LogP contribution >= 0.6 is 0 Å². The van der Waals surface area contributed by atoms with Crippen molar-refractivity contribution in [3.8, 4) is 0 Å². The molecule has 0 radical (unpaired) electrons. The van der Waals surface area contributed by atoms with Gasteiger partial charge in [0.25, 0.3) is 0 Å².